The topological polar surface area (TPSA) is 106 Å². The number of carbonyl (C=O) groups is 2. The van der Waals surface area contributed by atoms with Gasteiger partial charge in [0, 0.05) is 11.3 Å². The number of thiazole rings is 1. The highest BCUT2D eigenvalue weighted by molar-refractivity contribution is 7.09. The molecule has 1 aromatic heterocycles. The van der Waals surface area contributed by atoms with E-state index in [0.717, 1.165) is 42.0 Å². The zero-order chi connectivity index (χ0) is 38.5. The fourth-order valence-electron chi connectivity index (χ4n) is 6.40. The maximum Gasteiger partial charge on any atom is 0.305 e. The number of allylic oxidation sites excluding steroid dienone is 1. The zero-order valence-electron chi connectivity index (χ0n) is 34.2. The third kappa shape index (κ3) is 11.8. The smallest absolute Gasteiger partial charge is 0.305 e. The van der Waals surface area contributed by atoms with Gasteiger partial charge in [0.15, 0.2) is 16.6 Å². The Balaban J connectivity index is 2.27. The maximum atomic E-state index is 14.8. The summed E-state index contributed by atoms with van der Waals surface area (Å²) in [4.78, 5) is 31.5. The lowest BCUT2D eigenvalue weighted by molar-refractivity contribution is -0.155. The van der Waals surface area contributed by atoms with Gasteiger partial charge in [-0.1, -0.05) is 73.5 Å². The first-order valence-electron chi connectivity index (χ1n) is 18.8. The first kappa shape index (κ1) is 44.7. The van der Waals surface area contributed by atoms with E-state index in [1.807, 2.05) is 32.2 Å². The molecule has 50 heavy (non-hydrogen) atoms. The molecule has 10 heteroatoms. The second kappa shape index (κ2) is 17.6. The molecule has 0 saturated heterocycles. The SMILES string of the molecule is CC(=CC[C@H](O)C(C)=Cc1csc(C)n1)CCC[C@H](C)[C@H](O[Si](C)(C)C(C)(C)C)[C@@H](C)C(=O)C1([C@H](CC(=O)O)O[Si](C)(C)C(C)(C)C)CCC1. The third-order valence-corrected chi connectivity index (χ3v) is 21.9. The number of hydrogen-bond acceptors (Lipinski definition) is 7. The molecule has 0 amide bonds. The van der Waals surface area contributed by atoms with E-state index < -0.39 is 40.2 Å². The first-order chi connectivity index (χ1) is 22.7. The van der Waals surface area contributed by atoms with Crippen LogP contribution in [0, 0.1) is 24.2 Å². The molecular formula is C40H71NO6SSi2. The standard InChI is InChI=1S/C40H71NO6SSi2/c1-27(20-21-33(42)29(3)24-32-26-48-31(5)41-32)18-16-19-28(2)36(47-50(14,15)39(9,10)11)30(4)37(45)40(22-17-23-40)34(25-35(43)44)46-49(12,13)38(6,7)8/h20,24,26,28,30,33-34,36,42H,16-19,21-23,25H2,1-15H3,(H,43,44)/t28-,30+,33-,34-,36-/m0/s1. The van der Waals surface area contributed by atoms with Gasteiger partial charge in [-0.25, -0.2) is 4.98 Å². The summed E-state index contributed by atoms with van der Waals surface area (Å²) in [6.07, 6.45) is 8.03. The molecule has 1 fully saturated rings. The van der Waals surface area contributed by atoms with Crippen molar-refractivity contribution in [3.8, 4) is 0 Å². The fourth-order valence-corrected chi connectivity index (χ4v) is 9.81. The van der Waals surface area contributed by atoms with E-state index in [9.17, 15) is 19.8 Å². The van der Waals surface area contributed by atoms with Gasteiger partial charge in [-0.3, -0.25) is 9.59 Å². The fraction of sp³-hybridized carbons (Fsp3) is 0.775. The van der Waals surface area contributed by atoms with Crippen LogP contribution >= 0.6 is 11.3 Å². The predicted octanol–water partition coefficient (Wildman–Crippen LogP) is 11.0. The molecule has 1 aromatic rings. The van der Waals surface area contributed by atoms with Gasteiger partial charge in [-0.15, -0.1) is 11.3 Å². The number of ketones is 1. The quantitative estimate of drug-likeness (QED) is 0.107. The van der Waals surface area contributed by atoms with Crippen molar-refractivity contribution >= 4 is 45.8 Å². The molecule has 0 unspecified atom stereocenters. The van der Waals surface area contributed by atoms with Crippen molar-refractivity contribution in [3.63, 3.8) is 0 Å². The average Bonchev–Trinajstić information content (AvgIpc) is 3.35. The monoisotopic (exact) mass is 749 g/mol. The molecule has 1 aliphatic carbocycles. The molecule has 286 valence electrons. The molecule has 0 spiro atoms. The number of hydrogen-bond donors (Lipinski definition) is 2. The Labute approximate surface area is 311 Å². The summed E-state index contributed by atoms with van der Waals surface area (Å²) in [7, 11) is -4.60. The summed E-state index contributed by atoms with van der Waals surface area (Å²) in [5.41, 5.74) is 2.24. The van der Waals surface area contributed by atoms with Crippen LogP contribution in [0.25, 0.3) is 6.08 Å². The number of Topliss-reactive ketones (excluding diaryl/α,β-unsaturated/α-hetero) is 1. The Morgan fingerprint density at radius 3 is 2.04 bits per heavy atom. The van der Waals surface area contributed by atoms with E-state index in [2.05, 4.69) is 92.6 Å². The highest BCUT2D eigenvalue weighted by Gasteiger charge is 2.56. The van der Waals surface area contributed by atoms with E-state index in [1.165, 1.54) is 5.57 Å². The van der Waals surface area contributed by atoms with Gasteiger partial charge in [-0.2, -0.15) is 0 Å². The maximum absolute atomic E-state index is 14.8. The Hall–Kier alpha value is -1.44. The largest absolute Gasteiger partial charge is 0.481 e. The minimum Gasteiger partial charge on any atom is -0.481 e. The van der Waals surface area contributed by atoms with E-state index in [1.54, 1.807) is 11.3 Å². The molecule has 0 radical (unpaired) electrons. The summed E-state index contributed by atoms with van der Waals surface area (Å²) < 4.78 is 14.0. The molecule has 0 aromatic carbocycles. The Bertz CT molecular complexity index is 1350. The van der Waals surface area contributed by atoms with Crippen LogP contribution in [-0.2, 0) is 18.4 Å². The normalized spacial score (nSPS) is 19.4. The van der Waals surface area contributed by atoms with Gasteiger partial charge in [0.2, 0.25) is 0 Å². The number of carboxylic acid groups (broad SMARTS) is 1. The second-order valence-electron chi connectivity index (χ2n) is 18.3. The molecule has 1 heterocycles. The summed E-state index contributed by atoms with van der Waals surface area (Å²) in [6.45, 7) is 32.2. The number of aryl methyl sites for hydroxylation is 1. The second-order valence-corrected chi connectivity index (χ2v) is 28.9. The van der Waals surface area contributed by atoms with Crippen molar-refractivity contribution in [1.29, 1.82) is 0 Å². The number of aliphatic hydroxyl groups excluding tert-OH is 1. The molecule has 2 N–H and O–H groups in total. The number of nitrogens with zero attached hydrogens (tertiary/aromatic N) is 1. The van der Waals surface area contributed by atoms with Crippen LogP contribution in [0.3, 0.4) is 0 Å². The van der Waals surface area contributed by atoms with Crippen molar-refractivity contribution in [2.24, 2.45) is 17.3 Å². The summed E-state index contributed by atoms with van der Waals surface area (Å²) in [6, 6.07) is 0. The number of rotatable bonds is 19. The van der Waals surface area contributed by atoms with Gasteiger partial charge in [0.1, 0.15) is 5.78 Å². The molecule has 5 atom stereocenters. The number of aromatic nitrogens is 1. The molecule has 0 bridgehead atoms. The molecule has 2 rings (SSSR count). The van der Waals surface area contributed by atoms with Gasteiger partial charge in [0.25, 0.3) is 0 Å². The van der Waals surface area contributed by atoms with Crippen LogP contribution < -0.4 is 0 Å². The van der Waals surface area contributed by atoms with Crippen LogP contribution in [-0.4, -0.2) is 61.9 Å². The van der Waals surface area contributed by atoms with Gasteiger partial charge in [-0.05, 0) is 113 Å². The lowest BCUT2D eigenvalue weighted by Crippen LogP contribution is -2.58. The molecular weight excluding hydrogens is 679 g/mol. The number of carbonyl (C=O) groups excluding carboxylic acids is 1. The van der Waals surface area contributed by atoms with Crippen LogP contribution in [0.15, 0.2) is 22.6 Å². The van der Waals surface area contributed by atoms with Gasteiger partial charge < -0.3 is 19.1 Å². The number of aliphatic hydroxyl groups is 1. The van der Waals surface area contributed by atoms with E-state index >= 15 is 0 Å². The summed E-state index contributed by atoms with van der Waals surface area (Å²) in [5, 5.41) is 23.7. The third-order valence-electron chi connectivity index (χ3n) is 12.1. The highest BCUT2D eigenvalue weighted by atomic mass is 32.1. The van der Waals surface area contributed by atoms with E-state index in [-0.39, 0.29) is 40.2 Å². The Morgan fingerprint density at radius 1 is 1.02 bits per heavy atom. The minimum absolute atomic E-state index is 0.0236. The van der Waals surface area contributed by atoms with Crippen molar-refractivity contribution in [2.45, 2.75) is 182 Å². The van der Waals surface area contributed by atoms with Crippen LogP contribution in [0.1, 0.15) is 131 Å². The lowest BCUT2D eigenvalue weighted by Gasteiger charge is -2.52. The summed E-state index contributed by atoms with van der Waals surface area (Å²) >= 11 is 1.61. The van der Waals surface area contributed by atoms with Crippen LogP contribution in [0.2, 0.25) is 36.3 Å². The van der Waals surface area contributed by atoms with Gasteiger partial charge in [0.05, 0.1) is 40.8 Å². The van der Waals surface area contributed by atoms with Crippen molar-refractivity contribution in [1.82, 2.24) is 4.98 Å². The lowest BCUT2D eigenvalue weighted by atomic mass is 9.58. The van der Waals surface area contributed by atoms with Crippen LogP contribution in [0.4, 0.5) is 0 Å². The Morgan fingerprint density at radius 2 is 1.58 bits per heavy atom. The number of carboxylic acids is 1. The van der Waals surface area contributed by atoms with E-state index in [4.69, 9.17) is 8.85 Å². The van der Waals surface area contributed by atoms with E-state index in [0.29, 0.717) is 19.3 Å². The van der Waals surface area contributed by atoms with Crippen LogP contribution in [0.5, 0.6) is 0 Å². The predicted molar refractivity (Wildman–Crippen MR) is 215 cm³/mol. The average molecular weight is 750 g/mol. The van der Waals surface area contributed by atoms with Crippen molar-refractivity contribution in [2.75, 3.05) is 0 Å². The highest BCUT2D eigenvalue weighted by Crippen LogP contribution is 2.52. The van der Waals surface area contributed by atoms with Gasteiger partial charge >= 0.3 is 5.97 Å². The minimum atomic E-state index is -2.35. The van der Waals surface area contributed by atoms with Crippen molar-refractivity contribution in [3.05, 3.63) is 33.3 Å². The first-order valence-corrected chi connectivity index (χ1v) is 25.5. The Kier molecular flexibility index (Phi) is 15.7. The van der Waals surface area contributed by atoms with Crippen molar-refractivity contribution < 1.29 is 28.7 Å². The molecule has 7 nitrogen and oxygen atoms in total. The molecule has 0 aliphatic heterocycles. The number of aliphatic carboxylic acids is 1. The molecule has 1 aliphatic rings. The molecule has 1 saturated carbocycles. The summed E-state index contributed by atoms with van der Waals surface area (Å²) in [5.74, 6) is -1.06. The zero-order valence-corrected chi connectivity index (χ0v) is 37.0.